The van der Waals surface area contributed by atoms with E-state index in [9.17, 15) is 0 Å². The summed E-state index contributed by atoms with van der Waals surface area (Å²) in [4.78, 5) is 0. The van der Waals surface area contributed by atoms with Gasteiger partial charge in [-0.05, 0) is 59.8 Å². The van der Waals surface area contributed by atoms with Gasteiger partial charge in [0.15, 0.2) is 0 Å². The van der Waals surface area contributed by atoms with Gasteiger partial charge >= 0.3 is 0 Å². The molecule has 2 aromatic rings. The first-order valence-corrected chi connectivity index (χ1v) is 9.35. The molecule has 1 atom stereocenters. The van der Waals surface area contributed by atoms with Crippen molar-refractivity contribution in [1.29, 1.82) is 0 Å². The summed E-state index contributed by atoms with van der Waals surface area (Å²) < 4.78 is 0. The van der Waals surface area contributed by atoms with E-state index in [-0.39, 0.29) is 0 Å². The lowest BCUT2D eigenvalue weighted by molar-refractivity contribution is 0.584. The first kappa shape index (κ1) is 18.1. The predicted octanol–water partition coefficient (Wildman–Crippen LogP) is 6.60. The third-order valence-corrected chi connectivity index (χ3v) is 4.82. The van der Waals surface area contributed by atoms with Gasteiger partial charge in [-0.1, -0.05) is 69.3 Å². The molecule has 0 N–H and O–H groups in total. The lowest BCUT2D eigenvalue weighted by Crippen LogP contribution is -2.06. The van der Waals surface area contributed by atoms with Crippen molar-refractivity contribution in [3.05, 3.63) is 70.8 Å². The smallest absolute Gasteiger partial charge is 0.0229 e. The molecule has 0 aliphatic carbocycles. The highest BCUT2D eigenvalue weighted by atomic mass is 35.5. The van der Waals surface area contributed by atoms with E-state index in [1.54, 1.807) is 0 Å². The summed E-state index contributed by atoms with van der Waals surface area (Å²) in [6.07, 6.45) is 4.48. The van der Waals surface area contributed by atoms with Crippen LogP contribution >= 0.6 is 11.6 Å². The van der Waals surface area contributed by atoms with Crippen molar-refractivity contribution in [2.45, 2.75) is 52.4 Å². The molecule has 0 spiro atoms. The first-order chi connectivity index (χ1) is 11.1. The average Bonchev–Trinajstić information content (AvgIpc) is 2.55. The van der Waals surface area contributed by atoms with Crippen LogP contribution in [0.25, 0.3) is 0 Å². The van der Waals surface area contributed by atoms with Gasteiger partial charge in [-0.15, -0.1) is 11.6 Å². The molecule has 1 heteroatoms. The normalized spacial score (nSPS) is 12.6. The number of aryl methyl sites for hydroxylation is 1. The van der Waals surface area contributed by atoms with Crippen molar-refractivity contribution in [2.24, 2.45) is 5.92 Å². The fraction of sp³-hybridized carbons (Fsp3) is 0.455. The minimum absolute atomic E-state index is 0.519. The van der Waals surface area contributed by atoms with Crippen molar-refractivity contribution in [2.75, 3.05) is 5.88 Å². The number of hydrogen-bond acceptors (Lipinski definition) is 0. The Morgan fingerprint density at radius 3 is 2.26 bits per heavy atom. The molecule has 2 rings (SSSR count). The zero-order valence-electron chi connectivity index (χ0n) is 14.7. The summed E-state index contributed by atoms with van der Waals surface area (Å²) in [6.45, 7) is 6.91. The SMILES string of the molecule is CC(C)CCc1cccc(C(C)CCCl)c1Cc1ccccc1. The zero-order valence-corrected chi connectivity index (χ0v) is 15.4. The quantitative estimate of drug-likeness (QED) is 0.479. The summed E-state index contributed by atoms with van der Waals surface area (Å²) >= 11 is 6.00. The van der Waals surface area contributed by atoms with E-state index in [1.807, 2.05) is 0 Å². The van der Waals surface area contributed by atoms with Gasteiger partial charge in [0.05, 0.1) is 0 Å². The molecule has 0 heterocycles. The fourth-order valence-corrected chi connectivity index (χ4v) is 3.46. The second-order valence-corrected chi connectivity index (χ2v) is 7.34. The number of alkyl halides is 1. The van der Waals surface area contributed by atoms with E-state index in [0.29, 0.717) is 5.92 Å². The Balaban J connectivity index is 2.35. The molecule has 0 aromatic heterocycles. The third kappa shape index (κ3) is 5.39. The standard InChI is InChI=1S/C22H29Cl/c1-17(2)12-13-20-10-7-11-21(18(3)14-15-23)22(20)16-19-8-5-4-6-9-19/h4-11,17-18H,12-16H2,1-3H3. The van der Waals surface area contributed by atoms with Crippen LogP contribution in [0.3, 0.4) is 0 Å². The highest BCUT2D eigenvalue weighted by Crippen LogP contribution is 2.29. The minimum Gasteiger partial charge on any atom is -0.127 e. The average molecular weight is 329 g/mol. The van der Waals surface area contributed by atoms with E-state index in [0.717, 1.165) is 24.6 Å². The third-order valence-electron chi connectivity index (χ3n) is 4.60. The second kappa shape index (κ2) is 9.13. The van der Waals surface area contributed by atoms with Crippen LogP contribution in [0.2, 0.25) is 0 Å². The highest BCUT2D eigenvalue weighted by molar-refractivity contribution is 6.17. The first-order valence-electron chi connectivity index (χ1n) is 8.82. The van der Waals surface area contributed by atoms with E-state index in [1.165, 1.54) is 35.1 Å². The molecule has 0 saturated carbocycles. The maximum absolute atomic E-state index is 6.00. The van der Waals surface area contributed by atoms with Crippen LogP contribution in [-0.4, -0.2) is 5.88 Å². The maximum atomic E-state index is 6.00. The van der Waals surface area contributed by atoms with Gasteiger partial charge in [-0.2, -0.15) is 0 Å². The van der Waals surface area contributed by atoms with Crippen LogP contribution in [0.4, 0.5) is 0 Å². The molecular formula is C22H29Cl. The van der Waals surface area contributed by atoms with Gasteiger partial charge in [-0.3, -0.25) is 0 Å². The molecule has 0 amide bonds. The summed E-state index contributed by atoms with van der Waals surface area (Å²) in [5.41, 5.74) is 5.91. The van der Waals surface area contributed by atoms with Crippen molar-refractivity contribution >= 4 is 11.6 Å². The molecule has 124 valence electrons. The van der Waals surface area contributed by atoms with Crippen LogP contribution < -0.4 is 0 Å². The van der Waals surface area contributed by atoms with Gasteiger partial charge < -0.3 is 0 Å². The van der Waals surface area contributed by atoms with Crippen molar-refractivity contribution in [1.82, 2.24) is 0 Å². The zero-order chi connectivity index (χ0) is 16.7. The van der Waals surface area contributed by atoms with Gasteiger partial charge in [0, 0.05) is 5.88 Å². The van der Waals surface area contributed by atoms with Gasteiger partial charge in [0.25, 0.3) is 0 Å². The van der Waals surface area contributed by atoms with Crippen LogP contribution in [0.15, 0.2) is 48.5 Å². The molecule has 1 unspecified atom stereocenters. The van der Waals surface area contributed by atoms with Crippen LogP contribution in [-0.2, 0) is 12.8 Å². The molecule has 0 saturated heterocycles. The molecule has 0 aliphatic rings. The van der Waals surface area contributed by atoms with Gasteiger partial charge in [0.2, 0.25) is 0 Å². The Morgan fingerprint density at radius 1 is 0.870 bits per heavy atom. The van der Waals surface area contributed by atoms with Crippen molar-refractivity contribution in [3.63, 3.8) is 0 Å². The van der Waals surface area contributed by atoms with E-state index < -0.39 is 0 Å². The molecule has 0 fully saturated rings. The molecule has 0 nitrogen and oxygen atoms in total. The Hall–Kier alpha value is -1.27. The van der Waals surface area contributed by atoms with Gasteiger partial charge in [0.1, 0.15) is 0 Å². The van der Waals surface area contributed by atoms with Crippen molar-refractivity contribution in [3.8, 4) is 0 Å². The van der Waals surface area contributed by atoms with Gasteiger partial charge in [-0.25, -0.2) is 0 Å². The molecular weight excluding hydrogens is 300 g/mol. The Kier molecular flexibility index (Phi) is 7.17. The fourth-order valence-electron chi connectivity index (χ4n) is 3.13. The lowest BCUT2D eigenvalue weighted by atomic mass is 9.85. The molecule has 0 bridgehead atoms. The van der Waals surface area contributed by atoms with Crippen LogP contribution in [0.5, 0.6) is 0 Å². The summed E-state index contributed by atoms with van der Waals surface area (Å²) in [6, 6.07) is 17.7. The van der Waals surface area contributed by atoms with E-state index >= 15 is 0 Å². The lowest BCUT2D eigenvalue weighted by Gasteiger charge is -2.20. The molecule has 2 aromatic carbocycles. The maximum Gasteiger partial charge on any atom is 0.0229 e. The van der Waals surface area contributed by atoms with E-state index in [4.69, 9.17) is 11.6 Å². The number of rotatable bonds is 8. The largest absolute Gasteiger partial charge is 0.127 e. The highest BCUT2D eigenvalue weighted by Gasteiger charge is 2.14. The van der Waals surface area contributed by atoms with Crippen LogP contribution in [0.1, 0.15) is 61.8 Å². The molecule has 23 heavy (non-hydrogen) atoms. The Bertz CT molecular complexity index is 586. The molecule has 0 aliphatic heterocycles. The van der Waals surface area contributed by atoms with Crippen molar-refractivity contribution < 1.29 is 0 Å². The van der Waals surface area contributed by atoms with Crippen LogP contribution in [0, 0.1) is 5.92 Å². The number of hydrogen-bond donors (Lipinski definition) is 0. The Morgan fingerprint density at radius 2 is 1.61 bits per heavy atom. The minimum atomic E-state index is 0.519. The number of halogens is 1. The predicted molar refractivity (Wildman–Crippen MR) is 103 cm³/mol. The number of benzene rings is 2. The Labute approximate surface area is 146 Å². The summed E-state index contributed by atoms with van der Waals surface area (Å²) in [5.74, 6) is 1.98. The molecule has 0 radical (unpaired) electrons. The topological polar surface area (TPSA) is 0 Å². The van der Waals surface area contributed by atoms with E-state index in [2.05, 4.69) is 69.3 Å². The monoisotopic (exact) mass is 328 g/mol. The summed E-state index contributed by atoms with van der Waals surface area (Å²) in [5, 5.41) is 0. The summed E-state index contributed by atoms with van der Waals surface area (Å²) in [7, 11) is 0. The second-order valence-electron chi connectivity index (χ2n) is 6.96.